The fourth-order valence-corrected chi connectivity index (χ4v) is 4.15. The highest BCUT2D eigenvalue weighted by Gasteiger charge is 2.34. The second-order valence-electron chi connectivity index (χ2n) is 5.05. The highest BCUT2D eigenvalue weighted by molar-refractivity contribution is 8.26. The summed E-state index contributed by atoms with van der Waals surface area (Å²) in [5.41, 5.74) is 3.21. The number of thioether (sulfide) groups is 1. The van der Waals surface area contributed by atoms with Gasteiger partial charge in [0.05, 0.1) is 16.4 Å². The third-order valence-electron chi connectivity index (χ3n) is 3.31. The van der Waals surface area contributed by atoms with Crippen LogP contribution in [-0.4, -0.2) is 27.8 Å². The van der Waals surface area contributed by atoms with Crippen LogP contribution in [-0.2, 0) is 4.79 Å². The van der Waals surface area contributed by atoms with Crippen LogP contribution < -0.4 is 10.2 Å². The van der Waals surface area contributed by atoms with Crippen molar-refractivity contribution < 1.29 is 14.3 Å². The molecule has 1 aliphatic heterocycles. The van der Waals surface area contributed by atoms with Gasteiger partial charge in [0.1, 0.15) is 5.75 Å². The Morgan fingerprint density at radius 2 is 2.23 bits per heavy atom. The van der Waals surface area contributed by atoms with Gasteiger partial charge >= 0.3 is 0 Å². The minimum absolute atomic E-state index is 0.256. The second kappa shape index (κ2) is 8.22. The van der Waals surface area contributed by atoms with E-state index in [0.717, 1.165) is 16.8 Å². The molecule has 2 amide bonds. The van der Waals surface area contributed by atoms with Crippen molar-refractivity contribution in [3.05, 3.63) is 56.1 Å². The number of hydrogen-bond acceptors (Lipinski definition) is 6. The minimum Gasteiger partial charge on any atom is -0.493 e. The Morgan fingerprint density at radius 3 is 2.92 bits per heavy atom. The first-order valence-electron chi connectivity index (χ1n) is 7.54. The van der Waals surface area contributed by atoms with E-state index in [1.165, 1.54) is 11.3 Å². The van der Waals surface area contributed by atoms with E-state index >= 15 is 0 Å². The van der Waals surface area contributed by atoms with Crippen LogP contribution in [0.4, 0.5) is 0 Å². The molecule has 1 aliphatic rings. The average Bonchev–Trinajstić information content (AvgIpc) is 3.22. The Morgan fingerprint density at radius 1 is 1.42 bits per heavy atom. The van der Waals surface area contributed by atoms with Gasteiger partial charge in [0.2, 0.25) is 0 Å². The maximum absolute atomic E-state index is 12.6. The number of carbonyl (C=O) groups excluding carboxylic acids is 2. The molecule has 0 radical (unpaired) electrons. The third-order valence-corrected chi connectivity index (χ3v) is 5.72. The minimum atomic E-state index is -0.396. The van der Waals surface area contributed by atoms with E-state index < -0.39 is 5.91 Å². The first-order valence-corrected chi connectivity index (χ1v) is 10.0. The first-order chi connectivity index (χ1) is 12.5. The summed E-state index contributed by atoms with van der Waals surface area (Å²) in [6.07, 6.45) is 1.66. The van der Waals surface area contributed by atoms with Crippen molar-refractivity contribution in [1.29, 1.82) is 0 Å². The lowest BCUT2D eigenvalue weighted by Crippen LogP contribution is -2.44. The van der Waals surface area contributed by atoms with Crippen LogP contribution in [0.5, 0.6) is 5.75 Å². The van der Waals surface area contributed by atoms with Crippen LogP contribution in [0.25, 0.3) is 6.08 Å². The summed E-state index contributed by atoms with van der Waals surface area (Å²) in [6.45, 7) is 2.36. The quantitative estimate of drug-likeness (QED) is 0.571. The van der Waals surface area contributed by atoms with Gasteiger partial charge in [-0.05, 0) is 54.9 Å². The van der Waals surface area contributed by atoms with Crippen LogP contribution in [0.15, 0.2) is 40.6 Å². The number of thiophene rings is 1. The van der Waals surface area contributed by atoms with Gasteiger partial charge in [0, 0.05) is 10.6 Å². The Hall–Kier alpha value is -1.87. The van der Waals surface area contributed by atoms with Crippen molar-refractivity contribution in [1.82, 2.24) is 10.4 Å². The molecule has 3 rings (SSSR count). The van der Waals surface area contributed by atoms with Gasteiger partial charge < -0.3 is 4.74 Å². The zero-order chi connectivity index (χ0) is 18.7. The lowest BCUT2D eigenvalue weighted by atomic mass is 10.2. The zero-order valence-electron chi connectivity index (χ0n) is 13.5. The normalized spacial score (nSPS) is 15.6. The van der Waals surface area contributed by atoms with E-state index in [2.05, 4.69) is 5.43 Å². The Kier molecular flexibility index (Phi) is 5.98. The maximum Gasteiger partial charge on any atom is 0.285 e. The van der Waals surface area contributed by atoms with Crippen molar-refractivity contribution in [3.8, 4) is 5.75 Å². The molecule has 2 aromatic rings. The van der Waals surface area contributed by atoms with Crippen molar-refractivity contribution in [2.45, 2.75) is 6.92 Å². The predicted molar refractivity (Wildman–Crippen MR) is 109 cm³/mol. The van der Waals surface area contributed by atoms with Gasteiger partial charge in [-0.1, -0.05) is 29.4 Å². The summed E-state index contributed by atoms with van der Waals surface area (Å²) in [6, 6.07) is 8.61. The van der Waals surface area contributed by atoms with Gasteiger partial charge in [-0.2, -0.15) is 5.01 Å². The average molecular weight is 425 g/mol. The fraction of sp³-hybridized carbons (Fsp3) is 0.118. The highest BCUT2D eigenvalue weighted by atomic mass is 35.5. The smallest absolute Gasteiger partial charge is 0.285 e. The number of hydrogen-bond donors (Lipinski definition) is 1. The summed E-state index contributed by atoms with van der Waals surface area (Å²) < 4.78 is 5.82. The topological polar surface area (TPSA) is 58.6 Å². The molecule has 0 unspecified atom stereocenters. The SMILES string of the molecule is CCOc1ccc(Cl)cc1/C=C1/SC(=S)N(NC(=O)c2cccs2)C1=O. The number of nitrogens with zero attached hydrogens (tertiary/aromatic N) is 1. The number of amides is 2. The van der Waals surface area contributed by atoms with Crippen LogP contribution in [0.3, 0.4) is 0 Å². The second-order valence-corrected chi connectivity index (χ2v) is 8.11. The van der Waals surface area contributed by atoms with Crippen LogP contribution >= 0.6 is 46.9 Å². The Bertz CT molecular complexity index is 897. The van der Waals surface area contributed by atoms with Gasteiger partial charge in [-0.25, -0.2) is 0 Å². The van der Waals surface area contributed by atoms with Gasteiger partial charge in [0.25, 0.3) is 11.8 Å². The molecule has 5 nitrogen and oxygen atoms in total. The van der Waals surface area contributed by atoms with Crippen molar-refractivity contribution in [2.24, 2.45) is 0 Å². The monoisotopic (exact) mass is 424 g/mol. The molecule has 0 spiro atoms. The number of benzene rings is 1. The van der Waals surface area contributed by atoms with Crippen molar-refractivity contribution in [3.63, 3.8) is 0 Å². The predicted octanol–water partition coefficient (Wildman–Crippen LogP) is 4.35. The highest BCUT2D eigenvalue weighted by Crippen LogP contribution is 2.34. The van der Waals surface area contributed by atoms with Gasteiger partial charge in [0.15, 0.2) is 4.32 Å². The lowest BCUT2D eigenvalue weighted by molar-refractivity contribution is -0.123. The van der Waals surface area contributed by atoms with Crippen LogP contribution in [0.2, 0.25) is 5.02 Å². The molecule has 0 atom stereocenters. The van der Waals surface area contributed by atoms with E-state index in [9.17, 15) is 9.59 Å². The number of halogens is 1. The maximum atomic E-state index is 12.6. The van der Waals surface area contributed by atoms with E-state index in [4.69, 9.17) is 28.6 Å². The molecule has 0 bridgehead atoms. The van der Waals surface area contributed by atoms with Crippen LogP contribution in [0.1, 0.15) is 22.2 Å². The van der Waals surface area contributed by atoms with E-state index in [0.29, 0.717) is 32.7 Å². The molecular formula is C17H13ClN2O3S3. The third kappa shape index (κ3) is 4.09. The largest absolute Gasteiger partial charge is 0.493 e. The molecule has 134 valence electrons. The molecule has 0 aliphatic carbocycles. The molecule has 0 saturated carbocycles. The zero-order valence-corrected chi connectivity index (χ0v) is 16.7. The van der Waals surface area contributed by atoms with Crippen molar-refractivity contribution in [2.75, 3.05) is 6.61 Å². The van der Waals surface area contributed by atoms with Gasteiger partial charge in [-0.15, -0.1) is 11.3 Å². The molecule has 1 saturated heterocycles. The lowest BCUT2D eigenvalue weighted by Gasteiger charge is -2.14. The molecule has 1 aromatic heterocycles. The van der Waals surface area contributed by atoms with Gasteiger partial charge in [-0.3, -0.25) is 15.0 Å². The summed E-state index contributed by atoms with van der Waals surface area (Å²) in [4.78, 5) is 25.7. The van der Waals surface area contributed by atoms with E-state index in [-0.39, 0.29) is 10.2 Å². The standard InChI is InChI=1S/C17H13ClN2O3S3/c1-2-23-12-6-5-11(18)8-10(12)9-14-16(22)20(17(24)26-14)19-15(21)13-4-3-7-25-13/h3-9H,2H2,1H3,(H,19,21)/b14-9+. The molecular weight excluding hydrogens is 412 g/mol. The summed E-state index contributed by atoms with van der Waals surface area (Å²) in [7, 11) is 0. The Balaban J connectivity index is 1.83. The van der Waals surface area contributed by atoms with E-state index in [1.807, 2.05) is 6.92 Å². The summed E-state index contributed by atoms with van der Waals surface area (Å²) in [5.74, 6) is -0.160. The molecule has 1 aromatic carbocycles. The van der Waals surface area contributed by atoms with Crippen LogP contribution in [0, 0.1) is 0 Å². The fourth-order valence-electron chi connectivity index (χ4n) is 2.19. The summed E-state index contributed by atoms with van der Waals surface area (Å²) >= 11 is 13.7. The number of carbonyl (C=O) groups is 2. The molecule has 1 fully saturated rings. The molecule has 2 heterocycles. The molecule has 1 N–H and O–H groups in total. The van der Waals surface area contributed by atoms with Crippen molar-refractivity contribution >= 4 is 69.1 Å². The number of ether oxygens (including phenoxy) is 1. The first kappa shape index (κ1) is 18.9. The molecule has 9 heteroatoms. The molecule has 26 heavy (non-hydrogen) atoms. The van der Waals surface area contributed by atoms with E-state index in [1.54, 1.807) is 41.8 Å². The number of nitrogens with one attached hydrogen (secondary N) is 1. The number of rotatable bonds is 5. The Labute approximate surface area is 168 Å². The number of hydrazine groups is 1. The summed E-state index contributed by atoms with van der Waals surface area (Å²) in [5, 5.41) is 3.40. The number of thiocarbonyl (C=S) groups is 1.